The molecule has 0 saturated carbocycles. The summed E-state index contributed by atoms with van der Waals surface area (Å²) in [5.41, 5.74) is 1.03. The Hall–Kier alpha value is -1.68. The van der Waals surface area contributed by atoms with Crippen LogP contribution in [0.25, 0.3) is 11.4 Å². The lowest BCUT2D eigenvalue weighted by atomic mass is 10.1. The van der Waals surface area contributed by atoms with Crippen LogP contribution in [0.3, 0.4) is 0 Å². The van der Waals surface area contributed by atoms with Crippen molar-refractivity contribution in [1.29, 1.82) is 0 Å². The summed E-state index contributed by atoms with van der Waals surface area (Å²) in [5, 5.41) is 14.0. The first-order valence-electron chi connectivity index (χ1n) is 5.50. The zero-order valence-electron chi connectivity index (χ0n) is 8.87. The molecule has 1 aliphatic heterocycles. The van der Waals surface area contributed by atoms with Gasteiger partial charge in [0.1, 0.15) is 5.82 Å². The van der Waals surface area contributed by atoms with Crippen molar-refractivity contribution in [2.24, 2.45) is 0 Å². The Bertz CT molecular complexity index is 492. The van der Waals surface area contributed by atoms with Crippen molar-refractivity contribution in [1.82, 2.24) is 14.8 Å². The van der Waals surface area contributed by atoms with E-state index in [0.29, 0.717) is 6.54 Å². The molecule has 4 heteroatoms. The molecule has 0 amide bonds. The van der Waals surface area contributed by atoms with Crippen LogP contribution in [0.4, 0.5) is 0 Å². The van der Waals surface area contributed by atoms with Gasteiger partial charge in [-0.05, 0) is 6.42 Å². The number of aliphatic hydroxyl groups is 1. The Kier molecular flexibility index (Phi) is 2.22. The highest BCUT2D eigenvalue weighted by atomic mass is 16.3. The lowest BCUT2D eigenvalue weighted by molar-refractivity contribution is 0.124. The first-order chi connectivity index (χ1) is 7.83. The maximum absolute atomic E-state index is 9.55. The molecular weight excluding hydrogens is 202 g/mol. The molecule has 16 heavy (non-hydrogen) atoms. The van der Waals surface area contributed by atoms with Crippen molar-refractivity contribution in [2.75, 3.05) is 0 Å². The lowest BCUT2D eigenvalue weighted by Crippen LogP contribution is -2.25. The minimum atomic E-state index is -0.280. The Morgan fingerprint density at radius 3 is 2.88 bits per heavy atom. The van der Waals surface area contributed by atoms with Gasteiger partial charge in [0.25, 0.3) is 0 Å². The molecule has 82 valence electrons. The Morgan fingerprint density at radius 2 is 2.06 bits per heavy atom. The first-order valence-corrected chi connectivity index (χ1v) is 5.50. The fourth-order valence-corrected chi connectivity index (χ4v) is 2.00. The van der Waals surface area contributed by atoms with Crippen LogP contribution in [0.5, 0.6) is 0 Å². The van der Waals surface area contributed by atoms with Crippen LogP contribution in [0, 0.1) is 0 Å². The van der Waals surface area contributed by atoms with Gasteiger partial charge in [-0.25, -0.2) is 9.67 Å². The van der Waals surface area contributed by atoms with E-state index in [2.05, 4.69) is 10.1 Å². The van der Waals surface area contributed by atoms with E-state index in [1.165, 1.54) is 0 Å². The third-order valence-corrected chi connectivity index (χ3v) is 2.87. The van der Waals surface area contributed by atoms with E-state index in [-0.39, 0.29) is 6.10 Å². The van der Waals surface area contributed by atoms with Gasteiger partial charge in [0.05, 0.1) is 12.6 Å². The molecular formula is C12H13N3O. The van der Waals surface area contributed by atoms with Gasteiger partial charge in [-0.1, -0.05) is 30.3 Å². The largest absolute Gasteiger partial charge is 0.391 e. The third kappa shape index (κ3) is 1.61. The summed E-state index contributed by atoms with van der Waals surface area (Å²) in [6, 6.07) is 9.92. The van der Waals surface area contributed by atoms with Crippen LogP contribution in [-0.2, 0) is 13.0 Å². The van der Waals surface area contributed by atoms with Gasteiger partial charge in [-0.3, -0.25) is 0 Å². The minimum absolute atomic E-state index is 0.280. The summed E-state index contributed by atoms with van der Waals surface area (Å²) in [6.45, 7) is 0.565. The molecule has 1 N–H and O–H groups in total. The number of nitrogens with zero attached hydrogens (tertiary/aromatic N) is 3. The predicted octanol–water partition coefficient (Wildman–Crippen LogP) is 1.25. The van der Waals surface area contributed by atoms with Crippen molar-refractivity contribution >= 4 is 0 Å². The normalized spacial score (nSPS) is 19.4. The van der Waals surface area contributed by atoms with Crippen LogP contribution in [0.1, 0.15) is 12.2 Å². The van der Waals surface area contributed by atoms with Gasteiger partial charge in [-0.15, -0.1) is 0 Å². The SMILES string of the molecule is OC1CCc2nc(-c3ccccc3)nn2C1. The third-order valence-electron chi connectivity index (χ3n) is 2.87. The number of hydrogen-bond donors (Lipinski definition) is 1. The number of aliphatic hydroxyl groups excluding tert-OH is 1. The summed E-state index contributed by atoms with van der Waals surface area (Å²) in [6.07, 6.45) is 1.31. The maximum Gasteiger partial charge on any atom is 0.181 e. The molecule has 0 aliphatic carbocycles. The Labute approximate surface area is 93.6 Å². The van der Waals surface area contributed by atoms with E-state index < -0.39 is 0 Å². The lowest BCUT2D eigenvalue weighted by Gasteiger charge is -2.16. The van der Waals surface area contributed by atoms with Crippen LogP contribution < -0.4 is 0 Å². The average Bonchev–Trinajstić information content (AvgIpc) is 2.73. The number of rotatable bonds is 1. The summed E-state index contributed by atoms with van der Waals surface area (Å²) >= 11 is 0. The van der Waals surface area contributed by atoms with Gasteiger partial charge in [0.2, 0.25) is 0 Å². The number of benzene rings is 1. The summed E-state index contributed by atoms with van der Waals surface area (Å²) in [5.74, 6) is 1.73. The highest BCUT2D eigenvalue weighted by Crippen LogP contribution is 2.19. The average molecular weight is 215 g/mol. The van der Waals surface area contributed by atoms with Gasteiger partial charge in [-0.2, -0.15) is 5.10 Å². The zero-order chi connectivity index (χ0) is 11.0. The van der Waals surface area contributed by atoms with E-state index in [4.69, 9.17) is 0 Å². The van der Waals surface area contributed by atoms with Crippen molar-refractivity contribution in [3.8, 4) is 11.4 Å². The Balaban J connectivity index is 1.99. The van der Waals surface area contributed by atoms with Gasteiger partial charge in [0.15, 0.2) is 5.82 Å². The van der Waals surface area contributed by atoms with Crippen LogP contribution in [0.15, 0.2) is 30.3 Å². The van der Waals surface area contributed by atoms with E-state index >= 15 is 0 Å². The summed E-state index contributed by atoms with van der Waals surface area (Å²) in [4.78, 5) is 4.50. The van der Waals surface area contributed by atoms with E-state index in [9.17, 15) is 5.11 Å². The molecule has 0 bridgehead atoms. The molecule has 0 radical (unpaired) electrons. The molecule has 0 saturated heterocycles. The molecule has 1 unspecified atom stereocenters. The number of fused-ring (bicyclic) bond motifs is 1. The number of aromatic nitrogens is 3. The topological polar surface area (TPSA) is 50.9 Å². The van der Waals surface area contributed by atoms with Crippen molar-refractivity contribution in [3.05, 3.63) is 36.2 Å². The minimum Gasteiger partial charge on any atom is -0.391 e. The second-order valence-corrected chi connectivity index (χ2v) is 4.09. The van der Waals surface area contributed by atoms with E-state index in [1.54, 1.807) is 0 Å². The maximum atomic E-state index is 9.55. The highest BCUT2D eigenvalue weighted by molar-refractivity contribution is 5.54. The smallest absolute Gasteiger partial charge is 0.181 e. The second kappa shape index (κ2) is 3.72. The Morgan fingerprint density at radius 1 is 1.25 bits per heavy atom. The van der Waals surface area contributed by atoms with E-state index in [1.807, 2.05) is 35.0 Å². The van der Waals surface area contributed by atoms with Gasteiger partial charge >= 0.3 is 0 Å². The molecule has 2 heterocycles. The number of aryl methyl sites for hydroxylation is 1. The molecule has 1 atom stereocenters. The molecule has 1 aromatic carbocycles. The fourth-order valence-electron chi connectivity index (χ4n) is 2.00. The molecule has 0 spiro atoms. The van der Waals surface area contributed by atoms with Crippen LogP contribution in [-0.4, -0.2) is 26.0 Å². The number of hydrogen-bond acceptors (Lipinski definition) is 3. The second-order valence-electron chi connectivity index (χ2n) is 4.09. The standard InChI is InChI=1S/C12H13N3O/c16-10-6-7-11-13-12(14-15(11)8-10)9-4-2-1-3-5-9/h1-5,10,16H,6-8H2. The van der Waals surface area contributed by atoms with Gasteiger partial charge in [0, 0.05) is 12.0 Å². The monoisotopic (exact) mass is 215 g/mol. The quantitative estimate of drug-likeness (QED) is 0.779. The molecule has 3 rings (SSSR count). The predicted molar refractivity (Wildman–Crippen MR) is 59.8 cm³/mol. The molecule has 1 aliphatic rings. The van der Waals surface area contributed by atoms with Crippen LogP contribution >= 0.6 is 0 Å². The zero-order valence-corrected chi connectivity index (χ0v) is 8.87. The van der Waals surface area contributed by atoms with Crippen molar-refractivity contribution in [2.45, 2.75) is 25.5 Å². The molecule has 1 aromatic heterocycles. The highest BCUT2D eigenvalue weighted by Gasteiger charge is 2.19. The van der Waals surface area contributed by atoms with Crippen molar-refractivity contribution in [3.63, 3.8) is 0 Å². The summed E-state index contributed by atoms with van der Waals surface area (Å²) < 4.78 is 1.82. The fraction of sp³-hybridized carbons (Fsp3) is 0.333. The molecule has 2 aromatic rings. The summed E-state index contributed by atoms with van der Waals surface area (Å²) in [7, 11) is 0. The van der Waals surface area contributed by atoms with Crippen molar-refractivity contribution < 1.29 is 5.11 Å². The molecule has 0 fully saturated rings. The van der Waals surface area contributed by atoms with E-state index in [0.717, 1.165) is 30.1 Å². The van der Waals surface area contributed by atoms with Crippen LogP contribution in [0.2, 0.25) is 0 Å². The first kappa shape index (κ1) is 9.54. The molecule has 4 nitrogen and oxygen atoms in total. The van der Waals surface area contributed by atoms with Gasteiger partial charge < -0.3 is 5.11 Å².